The molecule has 3 rings (SSSR count). The minimum Gasteiger partial charge on any atom is -0.130 e. The summed E-state index contributed by atoms with van der Waals surface area (Å²) >= 11 is 1.62. The van der Waals surface area contributed by atoms with Crippen LogP contribution in [0.4, 0.5) is 0 Å². The average Bonchev–Trinajstić information content (AvgIpc) is 3.29. The van der Waals surface area contributed by atoms with Crippen LogP contribution in [0.15, 0.2) is 47.8 Å². The smallest absolute Gasteiger partial charge is 0.130 e. The van der Waals surface area contributed by atoms with Gasteiger partial charge in [-0.1, -0.05) is 56.5 Å². The molecule has 0 radical (unpaired) electrons. The van der Waals surface area contributed by atoms with E-state index in [0.717, 1.165) is 17.2 Å². The van der Waals surface area contributed by atoms with E-state index in [1.807, 2.05) is 17.5 Å². The third-order valence-electron chi connectivity index (χ3n) is 4.27. The number of benzene rings is 1. The molecule has 126 valence electrons. The molecule has 0 aliphatic heterocycles. The fraction of sp³-hybridized carbons (Fsp3) is 0.421. The molecule has 0 saturated carbocycles. The van der Waals surface area contributed by atoms with Gasteiger partial charge in [-0.3, -0.25) is 0 Å². The van der Waals surface area contributed by atoms with Crippen molar-refractivity contribution in [2.75, 3.05) is 0 Å². The van der Waals surface area contributed by atoms with Gasteiger partial charge in [-0.05, 0) is 47.6 Å². The Labute approximate surface area is 147 Å². The van der Waals surface area contributed by atoms with Crippen LogP contribution in [0.3, 0.4) is 0 Å². The third kappa shape index (κ3) is 4.74. The van der Waals surface area contributed by atoms with Gasteiger partial charge >= 0.3 is 0 Å². The van der Waals surface area contributed by atoms with Gasteiger partial charge in [0.05, 0.1) is 0 Å². The van der Waals surface area contributed by atoms with Gasteiger partial charge < -0.3 is 0 Å². The molecular weight excluding hydrogens is 316 g/mol. The molecule has 2 heterocycles. The van der Waals surface area contributed by atoms with Crippen LogP contribution >= 0.6 is 11.3 Å². The molecule has 0 amide bonds. The molecule has 0 spiro atoms. The Bertz CT molecular complexity index is 706. The number of aryl methyl sites for hydroxylation is 1. The number of tetrazole rings is 1. The second kappa shape index (κ2) is 8.73. The summed E-state index contributed by atoms with van der Waals surface area (Å²) in [6.07, 6.45) is 7.37. The molecule has 0 bridgehead atoms. The molecule has 3 aromatic rings. The zero-order valence-electron chi connectivity index (χ0n) is 14.1. The lowest BCUT2D eigenvalue weighted by Crippen LogP contribution is -1.99. The molecule has 0 aliphatic rings. The Morgan fingerprint density at radius 1 is 1.00 bits per heavy atom. The normalized spacial score (nSPS) is 12.4. The van der Waals surface area contributed by atoms with Crippen molar-refractivity contribution in [2.24, 2.45) is 0 Å². The summed E-state index contributed by atoms with van der Waals surface area (Å²) in [5.41, 5.74) is 1.44. The number of nitrogens with zero attached hydrogens (tertiary/aromatic N) is 4. The highest BCUT2D eigenvalue weighted by atomic mass is 32.1. The summed E-state index contributed by atoms with van der Waals surface area (Å²) in [7, 11) is 0. The topological polar surface area (TPSA) is 43.6 Å². The van der Waals surface area contributed by atoms with Gasteiger partial charge in [-0.25, -0.2) is 0 Å². The molecule has 1 atom stereocenters. The average molecular weight is 340 g/mol. The van der Waals surface area contributed by atoms with E-state index in [1.165, 1.54) is 37.7 Å². The molecule has 4 nitrogen and oxygen atoms in total. The summed E-state index contributed by atoms with van der Waals surface area (Å²) in [5, 5.41) is 15.9. The molecule has 0 fully saturated rings. The van der Waals surface area contributed by atoms with Gasteiger partial charge in [0.15, 0.2) is 5.82 Å². The first-order valence-electron chi connectivity index (χ1n) is 8.70. The van der Waals surface area contributed by atoms with Crippen LogP contribution in [-0.2, 0) is 6.42 Å². The number of thiophene rings is 1. The summed E-state index contributed by atoms with van der Waals surface area (Å²) < 4.78 is 0. The van der Waals surface area contributed by atoms with E-state index in [9.17, 15) is 0 Å². The minimum atomic E-state index is 0.368. The Morgan fingerprint density at radius 3 is 2.62 bits per heavy atom. The van der Waals surface area contributed by atoms with Crippen LogP contribution in [0, 0.1) is 0 Å². The van der Waals surface area contributed by atoms with Crippen LogP contribution in [0.2, 0.25) is 0 Å². The van der Waals surface area contributed by atoms with Crippen molar-refractivity contribution in [1.82, 2.24) is 20.2 Å². The molecule has 1 aromatic carbocycles. The lowest BCUT2D eigenvalue weighted by molar-refractivity contribution is 0.553. The second-order valence-electron chi connectivity index (χ2n) is 6.23. The van der Waals surface area contributed by atoms with Crippen molar-refractivity contribution in [1.29, 1.82) is 0 Å². The Morgan fingerprint density at radius 2 is 1.83 bits per heavy atom. The van der Waals surface area contributed by atoms with Crippen molar-refractivity contribution in [3.05, 3.63) is 59.2 Å². The van der Waals surface area contributed by atoms with Crippen molar-refractivity contribution in [2.45, 2.75) is 51.4 Å². The van der Waals surface area contributed by atoms with Crippen LogP contribution in [-0.4, -0.2) is 20.2 Å². The maximum absolute atomic E-state index is 4.51. The molecule has 5 heteroatoms. The summed E-state index contributed by atoms with van der Waals surface area (Å²) in [5.74, 6) is 1.22. The molecule has 1 unspecified atom stereocenters. The predicted octanol–water partition coefficient (Wildman–Crippen LogP) is 5.02. The Hall–Kier alpha value is -2.01. The fourth-order valence-corrected chi connectivity index (χ4v) is 3.43. The minimum absolute atomic E-state index is 0.368. The first-order valence-corrected chi connectivity index (χ1v) is 9.58. The van der Waals surface area contributed by atoms with E-state index in [-0.39, 0.29) is 0 Å². The van der Waals surface area contributed by atoms with Crippen LogP contribution < -0.4 is 0 Å². The largest absolute Gasteiger partial charge is 0.178 e. The quantitative estimate of drug-likeness (QED) is 0.514. The first-order chi connectivity index (χ1) is 11.8. The molecule has 24 heavy (non-hydrogen) atoms. The number of unbranched alkanes of at least 4 members (excludes halogenated alkanes) is 3. The Balaban J connectivity index is 1.35. The van der Waals surface area contributed by atoms with Crippen molar-refractivity contribution in [3.63, 3.8) is 0 Å². The number of hydrogen-bond acceptors (Lipinski definition) is 4. The lowest BCUT2D eigenvalue weighted by atomic mass is 10.0. The SMILES string of the molecule is CC(CCCCCCc1ccccc1)c1nnn(-c2cccs2)n1. The maximum atomic E-state index is 4.51. The zero-order chi connectivity index (χ0) is 16.6. The third-order valence-corrected chi connectivity index (χ3v) is 5.10. The highest BCUT2D eigenvalue weighted by Gasteiger charge is 2.12. The van der Waals surface area contributed by atoms with Gasteiger partial charge in [0.25, 0.3) is 0 Å². The first kappa shape index (κ1) is 16.8. The molecule has 2 aromatic heterocycles. The van der Waals surface area contributed by atoms with Crippen molar-refractivity contribution < 1.29 is 0 Å². The van der Waals surface area contributed by atoms with Crippen LogP contribution in [0.5, 0.6) is 0 Å². The van der Waals surface area contributed by atoms with E-state index < -0.39 is 0 Å². The van der Waals surface area contributed by atoms with E-state index >= 15 is 0 Å². The van der Waals surface area contributed by atoms with E-state index in [4.69, 9.17) is 0 Å². The van der Waals surface area contributed by atoms with Gasteiger partial charge in [-0.15, -0.1) is 26.3 Å². The zero-order valence-corrected chi connectivity index (χ0v) is 15.0. The van der Waals surface area contributed by atoms with Crippen molar-refractivity contribution >= 4 is 11.3 Å². The van der Waals surface area contributed by atoms with Crippen LogP contribution in [0.1, 0.15) is 56.3 Å². The number of rotatable bonds is 9. The summed E-state index contributed by atoms with van der Waals surface area (Å²) in [6.45, 7) is 2.19. The predicted molar refractivity (Wildman–Crippen MR) is 98.7 cm³/mol. The molecule has 0 aliphatic carbocycles. The van der Waals surface area contributed by atoms with E-state index in [1.54, 1.807) is 16.1 Å². The van der Waals surface area contributed by atoms with Gasteiger partial charge in [0.2, 0.25) is 0 Å². The van der Waals surface area contributed by atoms with E-state index in [2.05, 4.69) is 52.7 Å². The monoisotopic (exact) mass is 340 g/mol. The highest BCUT2D eigenvalue weighted by Crippen LogP contribution is 2.20. The number of hydrogen-bond donors (Lipinski definition) is 0. The van der Waals surface area contributed by atoms with Crippen molar-refractivity contribution in [3.8, 4) is 5.00 Å². The van der Waals surface area contributed by atoms with Gasteiger partial charge in [0.1, 0.15) is 5.00 Å². The summed E-state index contributed by atoms with van der Waals surface area (Å²) in [6, 6.07) is 14.7. The highest BCUT2D eigenvalue weighted by molar-refractivity contribution is 7.12. The standard InChI is InChI=1S/C19H24N4S/c1-16(19-20-22-23(21-19)18-14-9-15-24-18)10-5-2-3-6-11-17-12-7-4-8-13-17/h4,7-9,12-16H,2-3,5-6,10-11H2,1H3. The lowest BCUT2D eigenvalue weighted by Gasteiger charge is -2.06. The van der Waals surface area contributed by atoms with Gasteiger partial charge in [0, 0.05) is 5.92 Å². The molecule has 0 N–H and O–H groups in total. The summed E-state index contributed by atoms with van der Waals surface area (Å²) in [4.78, 5) is 1.64. The fourth-order valence-electron chi connectivity index (χ4n) is 2.81. The maximum Gasteiger partial charge on any atom is 0.178 e. The Kier molecular flexibility index (Phi) is 6.13. The van der Waals surface area contributed by atoms with E-state index in [0.29, 0.717) is 5.92 Å². The van der Waals surface area contributed by atoms with Crippen LogP contribution in [0.25, 0.3) is 5.00 Å². The number of aromatic nitrogens is 4. The molecular formula is C19H24N4S. The molecule has 0 saturated heterocycles. The van der Waals surface area contributed by atoms with Gasteiger partial charge in [-0.2, -0.15) is 0 Å². The second-order valence-corrected chi connectivity index (χ2v) is 7.15.